The van der Waals surface area contributed by atoms with E-state index in [0.29, 0.717) is 23.9 Å². The van der Waals surface area contributed by atoms with Crippen molar-refractivity contribution < 1.29 is 13.9 Å². The Labute approximate surface area is 197 Å². The predicted molar refractivity (Wildman–Crippen MR) is 128 cm³/mol. The molecule has 1 saturated heterocycles. The average molecular weight is 461 g/mol. The first-order valence-corrected chi connectivity index (χ1v) is 11.1. The van der Waals surface area contributed by atoms with Gasteiger partial charge < -0.3 is 19.3 Å². The van der Waals surface area contributed by atoms with Gasteiger partial charge in [-0.05, 0) is 29.3 Å². The monoisotopic (exact) mass is 460 g/mol. The van der Waals surface area contributed by atoms with E-state index in [1.165, 1.54) is 12.1 Å². The summed E-state index contributed by atoms with van der Waals surface area (Å²) in [7, 11) is 3.24. The van der Waals surface area contributed by atoms with Crippen LogP contribution in [0.4, 0.5) is 16.2 Å². The summed E-state index contributed by atoms with van der Waals surface area (Å²) in [4.78, 5) is 22.5. The van der Waals surface area contributed by atoms with Crippen molar-refractivity contribution in [1.29, 1.82) is 0 Å². The molecule has 1 fully saturated rings. The van der Waals surface area contributed by atoms with E-state index in [1.54, 1.807) is 32.7 Å². The van der Waals surface area contributed by atoms with Crippen LogP contribution in [0, 0.1) is 5.82 Å². The summed E-state index contributed by atoms with van der Waals surface area (Å²) in [5.41, 5.74) is 2.83. The molecule has 9 heteroatoms. The molecule has 34 heavy (non-hydrogen) atoms. The van der Waals surface area contributed by atoms with E-state index in [-0.39, 0.29) is 5.82 Å². The minimum atomic E-state index is -0.233. The van der Waals surface area contributed by atoms with Gasteiger partial charge in [0.25, 0.3) is 0 Å². The molecule has 174 valence electrons. The summed E-state index contributed by atoms with van der Waals surface area (Å²) in [6, 6.07) is 10.3. The largest absolute Gasteiger partial charge is 0.493 e. The Hall–Kier alpha value is -4.01. The summed E-state index contributed by atoms with van der Waals surface area (Å²) in [6.07, 6.45) is 5.94. The van der Waals surface area contributed by atoms with Crippen LogP contribution in [0.15, 0.2) is 55.1 Å². The lowest BCUT2D eigenvalue weighted by atomic mass is 10.1. The third-order valence-electron chi connectivity index (χ3n) is 5.99. The number of benzene rings is 2. The summed E-state index contributed by atoms with van der Waals surface area (Å²) in [5, 5.41) is 0.926. The van der Waals surface area contributed by atoms with Crippen molar-refractivity contribution in [1.82, 2.24) is 19.9 Å². The number of piperazine rings is 1. The fourth-order valence-electron chi connectivity index (χ4n) is 4.18. The first-order valence-electron chi connectivity index (χ1n) is 11.1. The van der Waals surface area contributed by atoms with Crippen LogP contribution in [0.2, 0.25) is 0 Å². The van der Waals surface area contributed by atoms with Crippen LogP contribution >= 0.6 is 0 Å². The van der Waals surface area contributed by atoms with Crippen molar-refractivity contribution in [3.8, 4) is 11.5 Å². The lowest BCUT2D eigenvalue weighted by molar-refractivity contribution is 0.356. The maximum Gasteiger partial charge on any atom is 0.225 e. The maximum absolute atomic E-state index is 13.1. The van der Waals surface area contributed by atoms with Gasteiger partial charge in [0.15, 0.2) is 11.5 Å². The highest BCUT2D eigenvalue weighted by atomic mass is 19.1. The van der Waals surface area contributed by atoms with E-state index in [0.717, 1.165) is 54.0 Å². The summed E-state index contributed by atoms with van der Waals surface area (Å²) >= 11 is 0. The zero-order valence-electron chi connectivity index (χ0n) is 19.1. The number of hydrogen-bond acceptors (Lipinski definition) is 8. The van der Waals surface area contributed by atoms with Crippen LogP contribution in [0.25, 0.3) is 10.9 Å². The molecule has 0 atom stereocenters. The second-order valence-corrected chi connectivity index (χ2v) is 8.09. The number of ether oxygens (including phenoxy) is 2. The molecule has 0 radical (unpaired) electrons. The van der Waals surface area contributed by atoms with Crippen LogP contribution < -0.4 is 19.3 Å². The highest BCUT2D eigenvalue weighted by molar-refractivity contribution is 5.92. The van der Waals surface area contributed by atoms with Crippen molar-refractivity contribution in [2.75, 3.05) is 50.2 Å². The number of hydrogen-bond donors (Lipinski definition) is 0. The number of halogens is 1. The Balaban J connectivity index is 1.27. The second kappa shape index (κ2) is 9.46. The van der Waals surface area contributed by atoms with Gasteiger partial charge in [0.1, 0.15) is 18.0 Å². The third-order valence-corrected chi connectivity index (χ3v) is 5.99. The van der Waals surface area contributed by atoms with E-state index < -0.39 is 0 Å². The molecule has 2 aromatic heterocycles. The lowest BCUT2D eigenvalue weighted by Crippen LogP contribution is -2.47. The normalized spacial score (nSPS) is 13.9. The topological polar surface area (TPSA) is 76.5 Å². The molecule has 8 nitrogen and oxygen atoms in total. The molecule has 0 amide bonds. The molecule has 0 bridgehead atoms. The first kappa shape index (κ1) is 21.8. The molecular weight excluding hydrogens is 435 g/mol. The standard InChI is InChI=1S/C25H25FN6O2/c1-33-22-12-20-21(13-23(22)34-2)29-16-30-24(20)31-7-9-32(10-8-31)25-27-14-18(15-28-25)11-17-3-5-19(26)6-4-17/h3-6,12-16H,7-11H2,1-2H3. The van der Waals surface area contributed by atoms with E-state index >= 15 is 0 Å². The van der Waals surface area contributed by atoms with Gasteiger partial charge >= 0.3 is 0 Å². The highest BCUT2D eigenvalue weighted by Crippen LogP contribution is 2.35. The Morgan fingerprint density at radius 2 is 1.44 bits per heavy atom. The van der Waals surface area contributed by atoms with Crippen LogP contribution in [0.5, 0.6) is 11.5 Å². The molecule has 5 rings (SSSR count). The van der Waals surface area contributed by atoms with Gasteiger partial charge in [-0.1, -0.05) is 12.1 Å². The number of rotatable bonds is 6. The quantitative estimate of drug-likeness (QED) is 0.433. The van der Waals surface area contributed by atoms with Gasteiger partial charge in [0.05, 0.1) is 19.7 Å². The van der Waals surface area contributed by atoms with Crippen molar-refractivity contribution in [2.45, 2.75) is 6.42 Å². The first-order chi connectivity index (χ1) is 16.6. The summed E-state index contributed by atoms with van der Waals surface area (Å²) < 4.78 is 24.0. The van der Waals surface area contributed by atoms with Crippen molar-refractivity contribution in [3.63, 3.8) is 0 Å². The molecule has 0 unspecified atom stereocenters. The molecule has 1 aliphatic heterocycles. The molecule has 4 aromatic rings. The van der Waals surface area contributed by atoms with E-state index in [4.69, 9.17) is 9.47 Å². The minimum Gasteiger partial charge on any atom is -0.493 e. The van der Waals surface area contributed by atoms with E-state index in [2.05, 4.69) is 29.7 Å². The molecular formula is C25H25FN6O2. The highest BCUT2D eigenvalue weighted by Gasteiger charge is 2.22. The Bertz CT molecular complexity index is 1280. The third kappa shape index (κ3) is 4.41. The summed E-state index contributed by atoms with van der Waals surface area (Å²) in [5.74, 6) is 2.65. The number of aromatic nitrogens is 4. The zero-order valence-corrected chi connectivity index (χ0v) is 19.1. The molecule has 1 aliphatic rings. The summed E-state index contributed by atoms with van der Waals surface area (Å²) in [6.45, 7) is 3.11. The van der Waals surface area contributed by atoms with Crippen LogP contribution in [-0.2, 0) is 6.42 Å². The van der Waals surface area contributed by atoms with Crippen LogP contribution in [-0.4, -0.2) is 60.3 Å². The molecule has 0 spiro atoms. The number of methoxy groups -OCH3 is 2. The van der Waals surface area contributed by atoms with E-state index in [9.17, 15) is 4.39 Å². The van der Waals surface area contributed by atoms with E-state index in [1.807, 2.05) is 24.5 Å². The maximum atomic E-state index is 13.1. The molecule has 3 heterocycles. The van der Waals surface area contributed by atoms with Crippen LogP contribution in [0.1, 0.15) is 11.1 Å². The number of anilines is 2. The Morgan fingerprint density at radius 3 is 2.12 bits per heavy atom. The Morgan fingerprint density at radius 1 is 0.794 bits per heavy atom. The average Bonchev–Trinajstić information content (AvgIpc) is 2.89. The minimum absolute atomic E-state index is 0.233. The van der Waals surface area contributed by atoms with Crippen LogP contribution in [0.3, 0.4) is 0 Å². The number of fused-ring (bicyclic) bond motifs is 1. The van der Waals surface area contributed by atoms with Gasteiger partial charge in [-0.3, -0.25) is 0 Å². The molecule has 2 aromatic carbocycles. The SMILES string of the molecule is COc1cc2ncnc(N3CCN(c4ncc(Cc5ccc(F)cc5)cn4)CC3)c2cc1OC. The van der Waals surface area contributed by atoms with Crippen molar-refractivity contribution in [3.05, 3.63) is 72.1 Å². The molecule has 0 aliphatic carbocycles. The van der Waals surface area contributed by atoms with Crippen molar-refractivity contribution >= 4 is 22.7 Å². The van der Waals surface area contributed by atoms with Gasteiger partial charge in [-0.2, -0.15) is 0 Å². The molecule has 0 saturated carbocycles. The lowest BCUT2D eigenvalue weighted by Gasteiger charge is -2.35. The van der Waals surface area contributed by atoms with Gasteiger partial charge in [-0.15, -0.1) is 0 Å². The van der Waals surface area contributed by atoms with Gasteiger partial charge in [-0.25, -0.2) is 24.3 Å². The van der Waals surface area contributed by atoms with Crippen molar-refractivity contribution in [2.24, 2.45) is 0 Å². The Kier molecular flexibility index (Phi) is 6.07. The fourth-order valence-corrected chi connectivity index (χ4v) is 4.18. The van der Waals surface area contributed by atoms with Gasteiger partial charge in [0.2, 0.25) is 5.95 Å². The van der Waals surface area contributed by atoms with Gasteiger partial charge in [0, 0.05) is 56.4 Å². The number of nitrogens with zero attached hydrogens (tertiary/aromatic N) is 6. The smallest absolute Gasteiger partial charge is 0.225 e. The predicted octanol–water partition coefficient (Wildman–Crippen LogP) is 3.49. The fraction of sp³-hybridized carbons (Fsp3) is 0.280. The molecule has 0 N–H and O–H groups in total. The zero-order chi connectivity index (χ0) is 23.5. The second-order valence-electron chi connectivity index (χ2n) is 8.09.